The predicted octanol–water partition coefficient (Wildman–Crippen LogP) is 3.90. The van der Waals surface area contributed by atoms with Crippen LogP contribution in [0.5, 0.6) is 0 Å². The van der Waals surface area contributed by atoms with Gasteiger partial charge in [-0.05, 0) is 41.8 Å². The van der Waals surface area contributed by atoms with Crippen molar-refractivity contribution in [1.29, 1.82) is 5.26 Å². The molecule has 4 nitrogen and oxygen atoms in total. The molecule has 0 aliphatic heterocycles. The number of nitriles is 1. The van der Waals surface area contributed by atoms with E-state index in [-0.39, 0.29) is 6.04 Å². The van der Waals surface area contributed by atoms with Crippen LogP contribution >= 0.6 is 0 Å². The number of aromatic nitrogens is 2. The topological polar surface area (TPSA) is 78.5 Å². The summed E-state index contributed by atoms with van der Waals surface area (Å²) in [6.07, 6.45) is 1.96. The van der Waals surface area contributed by atoms with Crippen molar-refractivity contribution < 1.29 is 0 Å². The van der Waals surface area contributed by atoms with Gasteiger partial charge in [-0.25, -0.2) is 4.98 Å². The molecule has 0 amide bonds. The summed E-state index contributed by atoms with van der Waals surface area (Å²) in [6.45, 7) is 2.12. The van der Waals surface area contributed by atoms with E-state index in [4.69, 9.17) is 11.0 Å². The number of nitrogens with zero attached hydrogens (tertiary/aromatic N) is 2. The lowest BCUT2D eigenvalue weighted by Crippen LogP contribution is -2.11. The highest BCUT2D eigenvalue weighted by Crippen LogP contribution is 2.25. The summed E-state index contributed by atoms with van der Waals surface area (Å²) in [5.41, 5.74) is 10.9. The van der Waals surface area contributed by atoms with Gasteiger partial charge in [0.2, 0.25) is 0 Å². The van der Waals surface area contributed by atoms with Crippen molar-refractivity contribution in [2.45, 2.75) is 25.8 Å². The molecule has 0 aliphatic carbocycles. The van der Waals surface area contributed by atoms with E-state index in [1.807, 2.05) is 30.3 Å². The Morgan fingerprint density at radius 2 is 1.91 bits per heavy atom. The largest absolute Gasteiger partial charge is 0.341 e. The lowest BCUT2D eigenvalue weighted by Gasteiger charge is -2.04. The first-order valence-corrected chi connectivity index (χ1v) is 7.47. The number of imidazole rings is 1. The molecular weight excluding hydrogens is 272 g/mol. The van der Waals surface area contributed by atoms with Crippen molar-refractivity contribution in [3.63, 3.8) is 0 Å². The summed E-state index contributed by atoms with van der Waals surface area (Å²) in [5, 5.41) is 8.86. The Balaban J connectivity index is 1.96. The molecule has 1 heterocycles. The van der Waals surface area contributed by atoms with Crippen LogP contribution in [0.4, 0.5) is 0 Å². The van der Waals surface area contributed by atoms with Gasteiger partial charge in [-0.3, -0.25) is 0 Å². The van der Waals surface area contributed by atoms with Crippen molar-refractivity contribution in [3.05, 3.63) is 53.9 Å². The highest BCUT2D eigenvalue weighted by molar-refractivity contribution is 5.82. The number of aromatic amines is 1. The number of hydrogen-bond acceptors (Lipinski definition) is 3. The molecule has 0 unspecified atom stereocenters. The molecule has 0 saturated heterocycles. The fourth-order valence-electron chi connectivity index (χ4n) is 2.57. The molecule has 3 N–H and O–H groups in total. The Hall–Kier alpha value is -2.64. The summed E-state index contributed by atoms with van der Waals surface area (Å²) in [7, 11) is 0. The predicted molar refractivity (Wildman–Crippen MR) is 88.1 cm³/mol. The van der Waals surface area contributed by atoms with E-state index in [9.17, 15) is 0 Å². The average molecular weight is 290 g/mol. The second-order valence-electron chi connectivity index (χ2n) is 5.44. The van der Waals surface area contributed by atoms with Crippen LogP contribution in [0.2, 0.25) is 0 Å². The van der Waals surface area contributed by atoms with Gasteiger partial charge in [-0.1, -0.05) is 31.5 Å². The number of nitrogens with two attached hydrogens (primary N) is 1. The molecule has 0 saturated carbocycles. The quantitative estimate of drug-likeness (QED) is 0.764. The second-order valence-corrected chi connectivity index (χ2v) is 5.44. The van der Waals surface area contributed by atoms with E-state index in [0.717, 1.165) is 40.8 Å². The van der Waals surface area contributed by atoms with Gasteiger partial charge in [-0.2, -0.15) is 5.26 Å². The van der Waals surface area contributed by atoms with Gasteiger partial charge in [0.05, 0.1) is 28.7 Å². The van der Waals surface area contributed by atoms with Crippen LogP contribution < -0.4 is 5.73 Å². The van der Waals surface area contributed by atoms with Crippen molar-refractivity contribution >= 4 is 11.0 Å². The normalized spacial score (nSPS) is 12.2. The minimum absolute atomic E-state index is 0.0456. The summed E-state index contributed by atoms with van der Waals surface area (Å²) < 4.78 is 0. The van der Waals surface area contributed by atoms with E-state index in [1.165, 1.54) is 0 Å². The molecule has 3 aromatic rings. The zero-order valence-electron chi connectivity index (χ0n) is 12.5. The number of fused-ring (bicyclic) bond motifs is 1. The molecule has 1 atom stereocenters. The Bertz CT molecular complexity index is 824. The zero-order chi connectivity index (χ0) is 15.5. The zero-order valence-corrected chi connectivity index (χ0v) is 12.5. The lowest BCUT2D eigenvalue weighted by atomic mass is 10.0. The standard InChI is InChI=1S/C18H18N4/c1-2-3-15(20)18-21-16-9-8-14(10-17(16)22-18)13-6-4-12(11-19)5-7-13/h4-10,15H,2-3,20H2,1H3,(H,21,22)/t15-/m0/s1. The molecule has 0 radical (unpaired) electrons. The third-order valence-corrected chi connectivity index (χ3v) is 3.80. The van der Waals surface area contributed by atoms with Crippen LogP contribution in [-0.4, -0.2) is 9.97 Å². The van der Waals surface area contributed by atoms with E-state index < -0.39 is 0 Å². The Labute approximate surface area is 129 Å². The number of nitrogens with one attached hydrogen (secondary N) is 1. The molecule has 0 spiro atoms. The minimum atomic E-state index is -0.0456. The Morgan fingerprint density at radius 3 is 2.59 bits per heavy atom. The van der Waals surface area contributed by atoms with Gasteiger partial charge in [0.25, 0.3) is 0 Å². The molecule has 2 aromatic carbocycles. The summed E-state index contributed by atoms with van der Waals surface area (Å²) in [4.78, 5) is 7.92. The fraction of sp³-hybridized carbons (Fsp3) is 0.222. The summed E-state index contributed by atoms with van der Waals surface area (Å²) in [6, 6.07) is 15.8. The Morgan fingerprint density at radius 1 is 1.18 bits per heavy atom. The smallest absolute Gasteiger partial charge is 0.124 e. The first kappa shape index (κ1) is 14.3. The average Bonchev–Trinajstić information content (AvgIpc) is 2.98. The third kappa shape index (κ3) is 2.72. The molecular formula is C18H18N4. The fourth-order valence-corrected chi connectivity index (χ4v) is 2.57. The maximum Gasteiger partial charge on any atom is 0.124 e. The first-order valence-electron chi connectivity index (χ1n) is 7.47. The minimum Gasteiger partial charge on any atom is -0.341 e. The molecule has 1 aromatic heterocycles. The van der Waals surface area contributed by atoms with Crippen LogP contribution in [0, 0.1) is 11.3 Å². The maximum absolute atomic E-state index is 8.86. The highest BCUT2D eigenvalue weighted by atomic mass is 15.0. The van der Waals surface area contributed by atoms with E-state index in [2.05, 4.69) is 35.1 Å². The second kappa shape index (κ2) is 6.00. The first-order chi connectivity index (χ1) is 10.7. The number of rotatable bonds is 4. The van der Waals surface area contributed by atoms with Crippen molar-refractivity contribution in [3.8, 4) is 17.2 Å². The molecule has 4 heteroatoms. The van der Waals surface area contributed by atoms with Gasteiger partial charge < -0.3 is 10.7 Å². The van der Waals surface area contributed by atoms with Crippen molar-refractivity contribution in [2.24, 2.45) is 5.73 Å². The van der Waals surface area contributed by atoms with Crippen LogP contribution in [0.1, 0.15) is 37.2 Å². The highest BCUT2D eigenvalue weighted by Gasteiger charge is 2.11. The van der Waals surface area contributed by atoms with Gasteiger partial charge in [0.15, 0.2) is 0 Å². The van der Waals surface area contributed by atoms with Gasteiger partial charge in [0.1, 0.15) is 5.82 Å². The van der Waals surface area contributed by atoms with E-state index >= 15 is 0 Å². The molecule has 22 heavy (non-hydrogen) atoms. The maximum atomic E-state index is 8.86. The molecule has 110 valence electrons. The number of hydrogen-bond donors (Lipinski definition) is 2. The van der Waals surface area contributed by atoms with Gasteiger partial charge in [0, 0.05) is 0 Å². The number of benzene rings is 2. The van der Waals surface area contributed by atoms with Gasteiger partial charge in [-0.15, -0.1) is 0 Å². The summed E-state index contributed by atoms with van der Waals surface area (Å²) in [5.74, 6) is 0.842. The molecule has 0 bridgehead atoms. The lowest BCUT2D eigenvalue weighted by molar-refractivity contribution is 0.610. The SMILES string of the molecule is CCC[C@H](N)c1nc2cc(-c3ccc(C#N)cc3)ccc2[nH]1. The molecule has 0 fully saturated rings. The van der Waals surface area contributed by atoms with Crippen LogP contribution in [0.3, 0.4) is 0 Å². The van der Waals surface area contributed by atoms with Crippen LogP contribution in [0.15, 0.2) is 42.5 Å². The Kier molecular flexibility index (Phi) is 3.90. The molecule has 0 aliphatic rings. The third-order valence-electron chi connectivity index (χ3n) is 3.80. The van der Waals surface area contributed by atoms with E-state index in [1.54, 1.807) is 0 Å². The molecule has 3 rings (SSSR count). The van der Waals surface area contributed by atoms with Crippen LogP contribution in [-0.2, 0) is 0 Å². The monoisotopic (exact) mass is 290 g/mol. The van der Waals surface area contributed by atoms with Crippen molar-refractivity contribution in [2.75, 3.05) is 0 Å². The number of H-pyrrole nitrogens is 1. The summed E-state index contributed by atoms with van der Waals surface area (Å²) >= 11 is 0. The van der Waals surface area contributed by atoms with Gasteiger partial charge >= 0.3 is 0 Å². The van der Waals surface area contributed by atoms with E-state index in [0.29, 0.717) is 5.56 Å². The van der Waals surface area contributed by atoms with Crippen molar-refractivity contribution in [1.82, 2.24) is 9.97 Å². The van der Waals surface area contributed by atoms with Crippen LogP contribution in [0.25, 0.3) is 22.2 Å².